The van der Waals surface area contributed by atoms with Crippen LogP contribution in [0.5, 0.6) is 0 Å². The van der Waals surface area contributed by atoms with E-state index < -0.39 is 0 Å². The van der Waals surface area contributed by atoms with Crippen molar-refractivity contribution in [2.75, 3.05) is 6.54 Å². The molecule has 0 spiro atoms. The average molecular weight is 235 g/mol. The SMILES string of the molecule is CCNCc1cn(Cc2nnc(CC)o2)cn1. The molecule has 92 valence electrons. The Morgan fingerprint density at radius 3 is 2.82 bits per heavy atom. The smallest absolute Gasteiger partial charge is 0.236 e. The Morgan fingerprint density at radius 1 is 1.29 bits per heavy atom. The van der Waals surface area contributed by atoms with Gasteiger partial charge in [-0.3, -0.25) is 0 Å². The van der Waals surface area contributed by atoms with Crippen LogP contribution in [0.25, 0.3) is 0 Å². The van der Waals surface area contributed by atoms with Gasteiger partial charge in [0.2, 0.25) is 11.8 Å². The number of imidazole rings is 1. The van der Waals surface area contributed by atoms with Crippen LogP contribution in [0.2, 0.25) is 0 Å². The molecule has 6 heteroatoms. The summed E-state index contributed by atoms with van der Waals surface area (Å²) in [5.74, 6) is 1.29. The van der Waals surface area contributed by atoms with E-state index in [0.29, 0.717) is 18.3 Å². The normalized spacial score (nSPS) is 10.9. The van der Waals surface area contributed by atoms with Gasteiger partial charge in [-0.1, -0.05) is 13.8 Å². The molecule has 0 bridgehead atoms. The summed E-state index contributed by atoms with van der Waals surface area (Å²) in [5, 5.41) is 11.1. The van der Waals surface area contributed by atoms with Crippen molar-refractivity contribution < 1.29 is 4.42 Å². The number of rotatable bonds is 6. The largest absolute Gasteiger partial charge is 0.423 e. The fourth-order valence-electron chi connectivity index (χ4n) is 1.49. The molecule has 0 saturated carbocycles. The highest BCUT2D eigenvalue weighted by atomic mass is 16.4. The van der Waals surface area contributed by atoms with Crippen molar-refractivity contribution in [2.45, 2.75) is 33.4 Å². The van der Waals surface area contributed by atoms with E-state index in [1.54, 1.807) is 6.33 Å². The fourth-order valence-corrected chi connectivity index (χ4v) is 1.49. The second-order valence-electron chi connectivity index (χ2n) is 3.76. The quantitative estimate of drug-likeness (QED) is 0.808. The predicted octanol–water partition coefficient (Wildman–Crippen LogP) is 0.986. The molecular formula is C11H17N5O. The number of hydrogen-bond acceptors (Lipinski definition) is 5. The summed E-state index contributed by atoms with van der Waals surface area (Å²) < 4.78 is 7.38. The Hall–Kier alpha value is -1.69. The first-order valence-electron chi connectivity index (χ1n) is 5.84. The van der Waals surface area contributed by atoms with E-state index in [9.17, 15) is 0 Å². The van der Waals surface area contributed by atoms with Crippen LogP contribution in [0.1, 0.15) is 31.3 Å². The Labute approximate surface area is 100 Å². The molecule has 0 fully saturated rings. The van der Waals surface area contributed by atoms with E-state index in [-0.39, 0.29) is 0 Å². The van der Waals surface area contributed by atoms with E-state index >= 15 is 0 Å². The standard InChI is InChI=1S/C11H17N5O/c1-3-10-14-15-11(17-10)7-16-6-9(13-8-16)5-12-4-2/h6,8,12H,3-5,7H2,1-2H3. The summed E-state index contributed by atoms with van der Waals surface area (Å²) >= 11 is 0. The first-order chi connectivity index (χ1) is 8.31. The third kappa shape index (κ3) is 3.13. The molecule has 2 aromatic rings. The van der Waals surface area contributed by atoms with Crippen molar-refractivity contribution in [2.24, 2.45) is 0 Å². The molecule has 0 saturated heterocycles. The van der Waals surface area contributed by atoms with Gasteiger partial charge in [0.25, 0.3) is 0 Å². The number of nitrogens with zero attached hydrogens (tertiary/aromatic N) is 4. The van der Waals surface area contributed by atoms with Gasteiger partial charge < -0.3 is 14.3 Å². The van der Waals surface area contributed by atoms with E-state index in [0.717, 1.165) is 25.2 Å². The molecule has 0 atom stereocenters. The maximum absolute atomic E-state index is 5.44. The summed E-state index contributed by atoms with van der Waals surface area (Å²) in [6.07, 6.45) is 4.53. The van der Waals surface area contributed by atoms with Crippen molar-refractivity contribution >= 4 is 0 Å². The minimum absolute atomic E-state index is 0.576. The Bertz CT molecular complexity index is 462. The first-order valence-corrected chi connectivity index (χ1v) is 5.84. The van der Waals surface area contributed by atoms with Gasteiger partial charge in [-0.05, 0) is 6.54 Å². The number of aryl methyl sites for hydroxylation is 1. The lowest BCUT2D eigenvalue weighted by atomic mass is 10.4. The zero-order valence-corrected chi connectivity index (χ0v) is 10.2. The van der Waals surface area contributed by atoms with Gasteiger partial charge in [0.15, 0.2) is 0 Å². The lowest BCUT2D eigenvalue weighted by Crippen LogP contribution is -2.11. The zero-order valence-electron chi connectivity index (χ0n) is 10.2. The maximum atomic E-state index is 5.44. The molecule has 2 aromatic heterocycles. The van der Waals surface area contributed by atoms with E-state index in [2.05, 4.69) is 27.4 Å². The number of nitrogens with one attached hydrogen (secondary N) is 1. The zero-order chi connectivity index (χ0) is 12.1. The highest BCUT2D eigenvalue weighted by Gasteiger charge is 2.05. The molecular weight excluding hydrogens is 218 g/mol. The molecule has 6 nitrogen and oxygen atoms in total. The van der Waals surface area contributed by atoms with Gasteiger partial charge in [0.1, 0.15) is 6.54 Å². The Morgan fingerprint density at radius 2 is 2.12 bits per heavy atom. The van der Waals surface area contributed by atoms with Crippen LogP contribution >= 0.6 is 0 Å². The Kier molecular flexibility index (Phi) is 3.87. The van der Waals surface area contributed by atoms with Crippen molar-refractivity contribution in [3.05, 3.63) is 30.0 Å². The summed E-state index contributed by atoms with van der Waals surface area (Å²) in [7, 11) is 0. The molecule has 2 rings (SSSR count). The molecule has 0 aliphatic heterocycles. The summed E-state index contributed by atoms with van der Waals surface area (Å²) in [6.45, 7) is 6.36. The monoisotopic (exact) mass is 235 g/mol. The molecule has 2 heterocycles. The predicted molar refractivity (Wildman–Crippen MR) is 62.4 cm³/mol. The molecule has 0 unspecified atom stereocenters. The van der Waals surface area contributed by atoms with Gasteiger partial charge in [0.05, 0.1) is 12.0 Å². The first kappa shape index (κ1) is 11.8. The van der Waals surface area contributed by atoms with Crippen molar-refractivity contribution in [3.63, 3.8) is 0 Å². The Balaban J connectivity index is 1.96. The van der Waals surface area contributed by atoms with Crippen LogP contribution in [0, 0.1) is 0 Å². The van der Waals surface area contributed by atoms with Gasteiger partial charge in [-0.25, -0.2) is 4.98 Å². The minimum atomic E-state index is 0.576. The van der Waals surface area contributed by atoms with Crippen LogP contribution in [-0.4, -0.2) is 26.3 Å². The van der Waals surface area contributed by atoms with Crippen LogP contribution in [0.3, 0.4) is 0 Å². The molecule has 0 aromatic carbocycles. The molecule has 17 heavy (non-hydrogen) atoms. The van der Waals surface area contributed by atoms with Crippen LogP contribution in [0.4, 0.5) is 0 Å². The summed E-state index contributed by atoms with van der Waals surface area (Å²) in [5.41, 5.74) is 1.02. The second-order valence-corrected chi connectivity index (χ2v) is 3.76. The average Bonchev–Trinajstić information content (AvgIpc) is 2.96. The number of aromatic nitrogens is 4. The van der Waals surface area contributed by atoms with E-state index in [1.807, 2.05) is 17.7 Å². The molecule has 0 amide bonds. The second kappa shape index (κ2) is 5.58. The van der Waals surface area contributed by atoms with Crippen molar-refractivity contribution in [1.82, 2.24) is 25.1 Å². The summed E-state index contributed by atoms with van der Waals surface area (Å²) in [4.78, 5) is 4.29. The van der Waals surface area contributed by atoms with Gasteiger partial charge >= 0.3 is 0 Å². The molecule has 0 radical (unpaired) electrons. The van der Waals surface area contributed by atoms with E-state index in [4.69, 9.17) is 4.42 Å². The molecule has 1 N–H and O–H groups in total. The maximum Gasteiger partial charge on any atom is 0.236 e. The van der Waals surface area contributed by atoms with Crippen molar-refractivity contribution in [1.29, 1.82) is 0 Å². The fraction of sp³-hybridized carbons (Fsp3) is 0.545. The number of hydrogen-bond donors (Lipinski definition) is 1. The lowest BCUT2D eigenvalue weighted by molar-refractivity contribution is 0.442. The lowest BCUT2D eigenvalue weighted by Gasteiger charge is -1.97. The van der Waals surface area contributed by atoms with Crippen LogP contribution < -0.4 is 5.32 Å². The van der Waals surface area contributed by atoms with Gasteiger partial charge in [0, 0.05) is 19.2 Å². The highest BCUT2D eigenvalue weighted by molar-refractivity contribution is 4.97. The summed E-state index contributed by atoms with van der Waals surface area (Å²) in [6, 6.07) is 0. The third-order valence-electron chi connectivity index (χ3n) is 2.37. The van der Waals surface area contributed by atoms with Crippen molar-refractivity contribution in [3.8, 4) is 0 Å². The van der Waals surface area contributed by atoms with Crippen LogP contribution in [0.15, 0.2) is 16.9 Å². The van der Waals surface area contributed by atoms with Gasteiger partial charge in [-0.15, -0.1) is 10.2 Å². The minimum Gasteiger partial charge on any atom is -0.423 e. The highest BCUT2D eigenvalue weighted by Crippen LogP contribution is 2.04. The molecule has 0 aliphatic carbocycles. The topological polar surface area (TPSA) is 68.8 Å². The molecule has 0 aliphatic rings. The van der Waals surface area contributed by atoms with E-state index in [1.165, 1.54) is 0 Å². The third-order valence-corrected chi connectivity index (χ3v) is 2.37. The van der Waals surface area contributed by atoms with Gasteiger partial charge in [-0.2, -0.15) is 0 Å². The van der Waals surface area contributed by atoms with Crippen LogP contribution in [-0.2, 0) is 19.5 Å².